The molecule has 1 heterocycles. The molecule has 0 aliphatic carbocycles. The maximum absolute atomic E-state index is 4.12. The molecule has 0 radical (unpaired) electrons. The van der Waals surface area contributed by atoms with Crippen LogP contribution in [-0.2, 0) is 0 Å². The summed E-state index contributed by atoms with van der Waals surface area (Å²) in [5, 5.41) is 0. The average molecular weight is 407 g/mol. The molecule has 2 aromatic rings. The van der Waals surface area contributed by atoms with Crippen molar-refractivity contribution in [3.8, 4) is 11.1 Å². The van der Waals surface area contributed by atoms with Gasteiger partial charge in [0.05, 0.1) is 0 Å². The third kappa shape index (κ3) is 2.52. The fourth-order valence-electron chi connectivity index (χ4n) is 1.42. The lowest BCUT2D eigenvalue weighted by molar-refractivity contribution is 1.11. The molecule has 0 bridgehead atoms. The van der Waals surface area contributed by atoms with E-state index >= 15 is 0 Å². The minimum atomic E-state index is 0.593. The predicted octanol–water partition coefficient (Wildman–Crippen LogP) is 4.74. The Morgan fingerprint density at radius 1 is 0.938 bits per heavy atom. The number of halogens is 3. The summed E-state index contributed by atoms with van der Waals surface area (Å²) in [6.45, 7) is 2.05. The van der Waals surface area contributed by atoms with Crippen molar-refractivity contribution >= 4 is 47.8 Å². The smallest absolute Gasteiger partial charge is 0.196 e. The molecular formula is C11H7Br3N2. The van der Waals surface area contributed by atoms with Crippen LogP contribution in [0.3, 0.4) is 0 Å². The summed E-state index contributed by atoms with van der Waals surface area (Å²) in [6, 6.07) is 4.14. The van der Waals surface area contributed by atoms with Gasteiger partial charge in [-0.2, -0.15) is 0 Å². The van der Waals surface area contributed by atoms with Gasteiger partial charge in [-0.3, -0.25) is 0 Å². The van der Waals surface area contributed by atoms with Crippen molar-refractivity contribution in [2.24, 2.45) is 0 Å². The lowest BCUT2D eigenvalue weighted by atomic mass is 10.1. The molecule has 1 aromatic carbocycles. The zero-order valence-electron chi connectivity index (χ0n) is 8.34. The van der Waals surface area contributed by atoms with Gasteiger partial charge in [-0.25, -0.2) is 9.97 Å². The minimum Gasteiger partial charge on any atom is -0.230 e. The number of rotatable bonds is 1. The highest BCUT2D eigenvalue weighted by Crippen LogP contribution is 2.35. The summed E-state index contributed by atoms with van der Waals surface area (Å²) >= 11 is 10.3. The van der Waals surface area contributed by atoms with Gasteiger partial charge in [-0.1, -0.05) is 31.9 Å². The van der Waals surface area contributed by atoms with Crippen molar-refractivity contribution in [1.82, 2.24) is 9.97 Å². The first kappa shape index (κ1) is 12.2. The Bertz CT molecular complexity index is 500. The van der Waals surface area contributed by atoms with Crippen LogP contribution in [0, 0.1) is 6.92 Å². The SMILES string of the molecule is Cc1cc(Br)c(-c2cnc(Br)nc2)c(Br)c1. The average Bonchev–Trinajstić information content (AvgIpc) is 2.19. The maximum atomic E-state index is 4.12. The molecular weight excluding hydrogens is 400 g/mol. The van der Waals surface area contributed by atoms with Crippen molar-refractivity contribution in [3.63, 3.8) is 0 Å². The zero-order valence-corrected chi connectivity index (χ0v) is 13.1. The second kappa shape index (κ2) is 4.94. The van der Waals surface area contributed by atoms with Crippen LogP contribution in [0.25, 0.3) is 11.1 Å². The number of aryl methyl sites for hydroxylation is 1. The Morgan fingerprint density at radius 2 is 1.44 bits per heavy atom. The summed E-state index contributed by atoms with van der Waals surface area (Å²) < 4.78 is 2.66. The van der Waals surface area contributed by atoms with Crippen LogP contribution in [0.2, 0.25) is 0 Å². The second-order valence-electron chi connectivity index (χ2n) is 3.34. The number of hydrogen-bond acceptors (Lipinski definition) is 2. The van der Waals surface area contributed by atoms with Crippen molar-refractivity contribution in [3.05, 3.63) is 43.8 Å². The van der Waals surface area contributed by atoms with E-state index in [2.05, 4.69) is 76.8 Å². The van der Waals surface area contributed by atoms with Gasteiger partial charge in [0.25, 0.3) is 0 Å². The molecule has 0 saturated heterocycles. The van der Waals surface area contributed by atoms with Crippen LogP contribution >= 0.6 is 47.8 Å². The summed E-state index contributed by atoms with van der Waals surface area (Å²) in [7, 11) is 0. The van der Waals surface area contributed by atoms with E-state index in [9.17, 15) is 0 Å². The van der Waals surface area contributed by atoms with Crippen molar-refractivity contribution < 1.29 is 0 Å². The molecule has 0 aliphatic rings. The van der Waals surface area contributed by atoms with Crippen LogP contribution in [-0.4, -0.2) is 9.97 Å². The Morgan fingerprint density at radius 3 is 1.94 bits per heavy atom. The number of nitrogens with zero attached hydrogens (tertiary/aromatic N) is 2. The van der Waals surface area contributed by atoms with Gasteiger partial charge >= 0.3 is 0 Å². The quantitative estimate of drug-likeness (QED) is 0.639. The first-order valence-electron chi connectivity index (χ1n) is 4.51. The van der Waals surface area contributed by atoms with Gasteiger partial charge in [0.1, 0.15) is 0 Å². The fourth-order valence-corrected chi connectivity index (χ4v) is 3.49. The van der Waals surface area contributed by atoms with Crippen LogP contribution in [0.5, 0.6) is 0 Å². The van der Waals surface area contributed by atoms with E-state index in [0.29, 0.717) is 4.73 Å². The standard InChI is InChI=1S/C11H7Br3N2/c1-6-2-8(12)10(9(13)3-6)7-4-15-11(14)16-5-7/h2-5H,1H3. The molecule has 2 nitrogen and oxygen atoms in total. The first-order chi connectivity index (χ1) is 7.58. The van der Waals surface area contributed by atoms with Gasteiger partial charge in [0.15, 0.2) is 4.73 Å². The molecule has 0 fully saturated rings. The molecule has 0 unspecified atom stereocenters. The summed E-state index contributed by atoms with van der Waals surface area (Å²) in [5.74, 6) is 0. The summed E-state index contributed by atoms with van der Waals surface area (Å²) in [6.07, 6.45) is 3.58. The molecule has 0 amide bonds. The highest BCUT2D eigenvalue weighted by molar-refractivity contribution is 9.11. The molecule has 2 rings (SSSR count). The van der Waals surface area contributed by atoms with Crippen LogP contribution in [0.4, 0.5) is 0 Å². The molecule has 1 aromatic heterocycles. The molecule has 0 N–H and O–H groups in total. The van der Waals surface area contributed by atoms with Crippen molar-refractivity contribution in [1.29, 1.82) is 0 Å². The molecule has 82 valence electrons. The van der Waals surface area contributed by atoms with E-state index in [1.165, 1.54) is 5.56 Å². The van der Waals surface area contributed by atoms with Gasteiger partial charge in [0, 0.05) is 32.5 Å². The molecule has 0 saturated carbocycles. The predicted molar refractivity (Wildman–Crippen MR) is 75.3 cm³/mol. The summed E-state index contributed by atoms with van der Waals surface area (Å²) in [4.78, 5) is 8.25. The highest BCUT2D eigenvalue weighted by atomic mass is 79.9. The monoisotopic (exact) mass is 404 g/mol. The highest BCUT2D eigenvalue weighted by Gasteiger charge is 2.09. The van der Waals surface area contributed by atoms with Crippen LogP contribution in [0.1, 0.15) is 5.56 Å². The molecule has 16 heavy (non-hydrogen) atoms. The maximum Gasteiger partial charge on any atom is 0.196 e. The largest absolute Gasteiger partial charge is 0.230 e. The van der Waals surface area contributed by atoms with E-state index in [1.807, 2.05) is 0 Å². The van der Waals surface area contributed by atoms with Gasteiger partial charge < -0.3 is 0 Å². The normalized spacial score (nSPS) is 10.5. The van der Waals surface area contributed by atoms with Gasteiger partial charge in [-0.15, -0.1) is 0 Å². The zero-order chi connectivity index (χ0) is 11.7. The number of aromatic nitrogens is 2. The Balaban J connectivity index is 2.60. The lowest BCUT2D eigenvalue weighted by Gasteiger charge is -2.08. The topological polar surface area (TPSA) is 25.8 Å². The molecule has 0 spiro atoms. The molecule has 0 atom stereocenters. The van der Waals surface area contributed by atoms with Crippen LogP contribution < -0.4 is 0 Å². The lowest BCUT2D eigenvalue weighted by Crippen LogP contribution is -1.88. The van der Waals surface area contributed by atoms with Crippen molar-refractivity contribution in [2.45, 2.75) is 6.92 Å². The Kier molecular flexibility index (Phi) is 3.77. The summed E-state index contributed by atoms with van der Waals surface area (Å²) in [5.41, 5.74) is 3.24. The van der Waals surface area contributed by atoms with Crippen LogP contribution in [0.15, 0.2) is 38.2 Å². The van der Waals surface area contributed by atoms with E-state index in [0.717, 1.165) is 20.1 Å². The Labute approximate surface area is 119 Å². The third-order valence-electron chi connectivity index (χ3n) is 2.10. The van der Waals surface area contributed by atoms with Gasteiger partial charge in [0.2, 0.25) is 0 Å². The third-order valence-corrected chi connectivity index (χ3v) is 3.76. The van der Waals surface area contributed by atoms with Crippen molar-refractivity contribution in [2.75, 3.05) is 0 Å². The minimum absolute atomic E-state index is 0.593. The van der Waals surface area contributed by atoms with E-state index < -0.39 is 0 Å². The van der Waals surface area contributed by atoms with E-state index in [-0.39, 0.29) is 0 Å². The first-order valence-corrected chi connectivity index (χ1v) is 6.89. The van der Waals surface area contributed by atoms with E-state index in [1.54, 1.807) is 12.4 Å². The number of hydrogen-bond donors (Lipinski definition) is 0. The molecule has 5 heteroatoms. The van der Waals surface area contributed by atoms with E-state index in [4.69, 9.17) is 0 Å². The number of benzene rings is 1. The van der Waals surface area contributed by atoms with Gasteiger partial charge in [-0.05, 0) is 40.5 Å². The second-order valence-corrected chi connectivity index (χ2v) is 5.76. The Hall–Kier alpha value is -0.260. The molecule has 0 aliphatic heterocycles. The fraction of sp³-hybridized carbons (Fsp3) is 0.0909.